The minimum atomic E-state index is -0.371. The standard InChI is InChI=1S/C25H28N4O2S/c1-25(2,3)19-13-11-18(12-14-19)23(31)26-21(30)15-16-32-24-28-27-22(17-9-10-17)29(24)20-7-5-4-6-8-20/h4-8,11-14,17H,9-10,15-16H2,1-3H3,(H,26,30,31). The Morgan fingerprint density at radius 1 is 1.03 bits per heavy atom. The van der Waals surface area contributed by atoms with E-state index in [4.69, 9.17) is 0 Å². The number of carbonyl (C=O) groups excluding carboxylic acids is 2. The number of thioether (sulfide) groups is 1. The number of aromatic nitrogens is 3. The van der Waals surface area contributed by atoms with Gasteiger partial charge in [0.2, 0.25) is 5.91 Å². The molecule has 0 aliphatic heterocycles. The fourth-order valence-corrected chi connectivity index (χ4v) is 4.31. The summed E-state index contributed by atoms with van der Waals surface area (Å²) in [5.74, 6) is 1.29. The number of para-hydroxylation sites is 1. The third-order valence-electron chi connectivity index (χ3n) is 5.44. The zero-order chi connectivity index (χ0) is 22.7. The monoisotopic (exact) mass is 448 g/mol. The summed E-state index contributed by atoms with van der Waals surface area (Å²) in [6.07, 6.45) is 2.49. The number of nitrogens with one attached hydrogen (secondary N) is 1. The lowest BCUT2D eigenvalue weighted by Gasteiger charge is -2.19. The maximum absolute atomic E-state index is 12.4. The number of rotatable bonds is 7. The molecule has 0 atom stereocenters. The zero-order valence-corrected chi connectivity index (χ0v) is 19.5. The van der Waals surface area contributed by atoms with Crippen LogP contribution in [0.1, 0.15) is 67.7 Å². The fourth-order valence-electron chi connectivity index (χ4n) is 3.42. The number of carbonyl (C=O) groups is 2. The molecule has 0 bridgehead atoms. The second-order valence-electron chi connectivity index (χ2n) is 9.09. The Labute approximate surface area is 192 Å². The van der Waals surface area contributed by atoms with Crippen molar-refractivity contribution in [3.05, 3.63) is 71.5 Å². The summed E-state index contributed by atoms with van der Waals surface area (Å²) >= 11 is 1.48. The molecule has 0 radical (unpaired) electrons. The molecule has 2 aromatic carbocycles. The van der Waals surface area contributed by atoms with Crippen LogP contribution < -0.4 is 5.32 Å². The van der Waals surface area contributed by atoms with E-state index < -0.39 is 0 Å². The van der Waals surface area contributed by atoms with Gasteiger partial charge in [0.15, 0.2) is 5.16 Å². The van der Waals surface area contributed by atoms with E-state index in [1.54, 1.807) is 12.1 Å². The molecular formula is C25H28N4O2S. The summed E-state index contributed by atoms with van der Waals surface area (Å²) in [5.41, 5.74) is 2.67. The number of amides is 2. The quantitative estimate of drug-likeness (QED) is 0.521. The SMILES string of the molecule is CC(C)(C)c1ccc(C(=O)NC(=O)CCSc2nnc(C3CC3)n2-c2ccccc2)cc1. The van der Waals surface area contributed by atoms with E-state index in [2.05, 4.69) is 40.9 Å². The van der Waals surface area contributed by atoms with Crippen molar-refractivity contribution in [1.82, 2.24) is 20.1 Å². The number of imide groups is 1. The second-order valence-corrected chi connectivity index (χ2v) is 10.2. The summed E-state index contributed by atoms with van der Waals surface area (Å²) in [4.78, 5) is 24.7. The van der Waals surface area contributed by atoms with Crippen LogP contribution in [0.25, 0.3) is 5.69 Å². The van der Waals surface area contributed by atoms with Crippen LogP contribution in [-0.2, 0) is 10.2 Å². The van der Waals surface area contributed by atoms with E-state index in [0.717, 1.165) is 35.1 Å². The van der Waals surface area contributed by atoms with Gasteiger partial charge in [0, 0.05) is 29.3 Å². The van der Waals surface area contributed by atoms with Crippen LogP contribution in [0.5, 0.6) is 0 Å². The highest BCUT2D eigenvalue weighted by molar-refractivity contribution is 7.99. The zero-order valence-electron chi connectivity index (χ0n) is 18.7. The first-order valence-corrected chi connectivity index (χ1v) is 11.9. The van der Waals surface area contributed by atoms with Crippen LogP contribution in [0.3, 0.4) is 0 Å². The van der Waals surface area contributed by atoms with Gasteiger partial charge in [-0.3, -0.25) is 19.5 Å². The van der Waals surface area contributed by atoms with Crippen LogP contribution >= 0.6 is 11.8 Å². The molecule has 1 aliphatic rings. The predicted molar refractivity (Wildman–Crippen MR) is 126 cm³/mol. The van der Waals surface area contributed by atoms with Gasteiger partial charge in [0.05, 0.1) is 0 Å². The highest BCUT2D eigenvalue weighted by Gasteiger charge is 2.31. The largest absolute Gasteiger partial charge is 0.292 e. The average Bonchev–Trinajstić information content (AvgIpc) is 3.53. The molecule has 0 unspecified atom stereocenters. The summed E-state index contributed by atoms with van der Waals surface area (Å²) in [6, 6.07) is 17.4. The van der Waals surface area contributed by atoms with Gasteiger partial charge in [-0.05, 0) is 48.1 Å². The van der Waals surface area contributed by atoms with E-state index in [1.807, 2.05) is 42.5 Å². The lowest BCUT2D eigenvalue weighted by Crippen LogP contribution is -2.30. The van der Waals surface area contributed by atoms with Gasteiger partial charge in [-0.2, -0.15) is 0 Å². The van der Waals surface area contributed by atoms with Gasteiger partial charge in [-0.25, -0.2) is 0 Å². The van der Waals surface area contributed by atoms with Crippen LogP contribution in [0, 0.1) is 0 Å². The highest BCUT2D eigenvalue weighted by atomic mass is 32.2. The maximum Gasteiger partial charge on any atom is 0.257 e. The lowest BCUT2D eigenvalue weighted by atomic mass is 9.87. The Kier molecular flexibility index (Phi) is 6.46. The van der Waals surface area contributed by atoms with Crippen LogP contribution in [-0.4, -0.2) is 32.3 Å². The molecule has 166 valence electrons. The normalized spacial score (nSPS) is 13.7. The van der Waals surface area contributed by atoms with Crippen LogP contribution in [0.15, 0.2) is 59.8 Å². The van der Waals surface area contributed by atoms with Crippen LogP contribution in [0.4, 0.5) is 0 Å². The van der Waals surface area contributed by atoms with Gasteiger partial charge in [0.1, 0.15) is 5.82 Å². The van der Waals surface area contributed by atoms with E-state index in [0.29, 0.717) is 17.2 Å². The second kappa shape index (κ2) is 9.28. The van der Waals surface area contributed by atoms with Crippen molar-refractivity contribution in [1.29, 1.82) is 0 Å². The Morgan fingerprint density at radius 2 is 1.72 bits per heavy atom. The Morgan fingerprint density at radius 3 is 2.34 bits per heavy atom. The molecule has 1 N–H and O–H groups in total. The third-order valence-corrected chi connectivity index (χ3v) is 6.37. The number of benzene rings is 2. The first-order chi connectivity index (χ1) is 15.3. The Balaban J connectivity index is 1.34. The topological polar surface area (TPSA) is 76.9 Å². The van der Waals surface area contributed by atoms with Gasteiger partial charge < -0.3 is 0 Å². The molecule has 3 aromatic rings. The molecule has 7 heteroatoms. The van der Waals surface area contributed by atoms with E-state index in [1.165, 1.54) is 11.8 Å². The Bertz CT molecular complexity index is 1100. The molecule has 1 heterocycles. The van der Waals surface area contributed by atoms with E-state index >= 15 is 0 Å². The molecule has 2 amide bonds. The first-order valence-electron chi connectivity index (χ1n) is 10.9. The van der Waals surface area contributed by atoms with E-state index in [-0.39, 0.29) is 23.7 Å². The molecule has 32 heavy (non-hydrogen) atoms. The summed E-state index contributed by atoms with van der Waals surface area (Å²) in [6.45, 7) is 6.36. The summed E-state index contributed by atoms with van der Waals surface area (Å²) in [5, 5.41) is 12.0. The smallest absolute Gasteiger partial charge is 0.257 e. The summed E-state index contributed by atoms with van der Waals surface area (Å²) in [7, 11) is 0. The fraction of sp³-hybridized carbons (Fsp3) is 0.360. The lowest BCUT2D eigenvalue weighted by molar-refractivity contribution is -0.119. The third kappa shape index (κ3) is 5.27. The van der Waals surface area contributed by atoms with Crippen LogP contribution in [0.2, 0.25) is 0 Å². The Hall–Kier alpha value is -2.93. The van der Waals surface area contributed by atoms with Crippen molar-refractivity contribution in [2.24, 2.45) is 0 Å². The van der Waals surface area contributed by atoms with Crippen molar-refractivity contribution in [2.75, 3.05) is 5.75 Å². The minimum Gasteiger partial charge on any atom is -0.292 e. The number of hydrogen-bond acceptors (Lipinski definition) is 5. The summed E-state index contributed by atoms with van der Waals surface area (Å²) < 4.78 is 2.09. The van der Waals surface area contributed by atoms with Gasteiger partial charge in [-0.1, -0.05) is 62.9 Å². The molecule has 1 saturated carbocycles. The van der Waals surface area contributed by atoms with Crippen molar-refractivity contribution in [3.63, 3.8) is 0 Å². The van der Waals surface area contributed by atoms with Crippen molar-refractivity contribution < 1.29 is 9.59 Å². The van der Waals surface area contributed by atoms with Crippen molar-refractivity contribution >= 4 is 23.6 Å². The maximum atomic E-state index is 12.4. The highest BCUT2D eigenvalue weighted by Crippen LogP contribution is 2.41. The molecule has 0 saturated heterocycles. The molecule has 0 spiro atoms. The minimum absolute atomic E-state index is 0.0156. The van der Waals surface area contributed by atoms with Gasteiger partial charge in [-0.15, -0.1) is 10.2 Å². The molecular weight excluding hydrogens is 420 g/mol. The average molecular weight is 449 g/mol. The number of hydrogen-bond donors (Lipinski definition) is 1. The van der Waals surface area contributed by atoms with Crippen molar-refractivity contribution in [2.45, 2.75) is 56.5 Å². The van der Waals surface area contributed by atoms with E-state index in [9.17, 15) is 9.59 Å². The number of nitrogens with zero attached hydrogens (tertiary/aromatic N) is 3. The molecule has 4 rings (SSSR count). The van der Waals surface area contributed by atoms with Gasteiger partial charge in [0.25, 0.3) is 5.91 Å². The molecule has 1 aliphatic carbocycles. The molecule has 6 nitrogen and oxygen atoms in total. The molecule has 1 fully saturated rings. The first kappa shape index (κ1) is 22.3. The van der Waals surface area contributed by atoms with Gasteiger partial charge >= 0.3 is 0 Å². The van der Waals surface area contributed by atoms with Crippen molar-refractivity contribution in [3.8, 4) is 5.69 Å². The molecule has 1 aromatic heterocycles. The predicted octanol–water partition coefficient (Wildman–Crippen LogP) is 4.88.